The van der Waals surface area contributed by atoms with Crippen LogP contribution in [0.3, 0.4) is 0 Å². The Morgan fingerprint density at radius 2 is 1.38 bits per heavy atom. The van der Waals surface area contributed by atoms with Gasteiger partial charge in [0.25, 0.3) is 0 Å². The third-order valence-electron chi connectivity index (χ3n) is 18.5. The third-order valence-corrected chi connectivity index (χ3v) is 18.5. The Morgan fingerprint density at radius 3 is 1.98 bits per heavy atom. The third kappa shape index (κ3) is 7.39. The quantitative estimate of drug-likeness (QED) is 0.105. The van der Waals surface area contributed by atoms with E-state index in [1.54, 1.807) is 13.8 Å². The highest BCUT2D eigenvalue weighted by molar-refractivity contribution is 5.67. The minimum atomic E-state index is -1.65. The molecular formula is C47H74O17. The van der Waals surface area contributed by atoms with E-state index in [0.717, 1.165) is 25.7 Å². The first-order valence-corrected chi connectivity index (χ1v) is 23.5. The minimum Gasteiger partial charge on any atom is -0.462 e. The van der Waals surface area contributed by atoms with E-state index in [1.165, 1.54) is 20.8 Å². The summed E-state index contributed by atoms with van der Waals surface area (Å²) in [5.74, 6) is -2.11. The fraction of sp³-hybridized carbons (Fsp3) is 0.936. The van der Waals surface area contributed by atoms with Gasteiger partial charge in [0.2, 0.25) is 0 Å². The molecule has 8 rings (SSSR count). The minimum absolute atomic E-state index is 0.0253. The summed E-state index contributed by atoms with van der Waals surface area (Å²) in [6.07, 6.45) is -8.04. The summed E-state index contributed by atoms with van der Waals surface area (Å²) in [6, 6.07) is 0. The van der Waals surface area contributed by atoms with Gasteiger partial charge < -0.3 is 68.5 Å². The van der Waals surface area contributed by atoms with Gasteiger partial charge in [0.1, 0.15) is 36.6 Å². The largest absolute Gasteiger partial charge is 0.462 e. The van der Waals surface area contributed by atoms with Crippen molar-refractivity contribution in [3.63, 3.8) is 0 Å². The van der Waals surface area contributed by atoms with Crippen LogP contribution in [0.25, 0.3) is 0 Å². The highest BCUT2D eigenvalue weighted by atomic mass is 16.7. The standard InChI is InChI=1S/C47H74O17/c1-22(49)58-27-18-44(9)29-17-26(61-39-34(55)33(54)32(53)28(19-48)62-39)37-41(4,5)30(63-40-36(60-24(3)51)35(59-23(2)50)25(52)20-57-40)12-14-47(37)21-46(29,47)16-15-43(44,8)38(27)45(10)13-11-31(64-45)42(6,7)56/h25-40,48,52-56H,11-21H2,1-10H3/t25-,26+,27+,28-,29+,30+,31+,32-,33+,34-,35+,36-,37+,38+,39-,40+,43-,44+,45-,46+,47-/m1/s1. The highest BCUT2D eigenvalue weighted by Crippen LogP contribution is 2.89. The molecule has 64 heavy (non-hydrogen) atoms. The second-order valence-electron chi connectivity index (χ2n) is 22.8. The molecule has 5 aliphatic carbocycles. The Hall–Kier alpha value is -2.03. The van der Waals surface area contributed by atoms with Gasteiger partial charge in [0.05, 0.1) is 42.7 Å². The number of aliphatic hydroxyl groups is 6. The van der Waals surface area contributed by atoms with Crippen molar-refractivity contribution in [1.29, 1.82) is 0 Å². The second-order valence-corrected chi connectivity index (χ2v) is 22.8. The van der Waals surface area contributed by atoms with E-state index in [1.807, 2.05) is 0 Å². The molecule has 2 spiro atoms. The van der Waals surface area contributed by atoms with Crippen LogP contribution in [-0.2, 0) is 52.3 Å². The number of carbonyl (C=O) groups is 3. The van der Waals surface area contributed by atoms with Gasteiger partial charge >= 0.3 is 17.9 Å². The fourth-order valence-electron chi connectivity index (χ4n) is 15.8. The molecule has 21 atom stereocenters. The van der Waals surface area contributed by atoms with Gasteiger partial charge in [-0.2, -0.15) is 0 Å². The van der Waals surface area contributed by atoms with Gasteiger partial charge in [0, 0.05) is 26.7 Å². The molecule has 3 heterocycles. The Bertz CT molecular complexity index is 1800. The van der Waals surface area contributed by atoms with Crippen LogP contribution in [0.2, 0.25) is 0 Å². The van der Waals surface area contributed by atoms with E-state index in [4.69, 9.17) is 37.9 Å². The van der Waals surface area contributed by atoms with Crippen molar-refractivity contribution in [2.45, 2.75) is 218 Å². The van der Waals surface area contributed by atoms with Crippen molar-refractivity contribution < 1.29 is 82.9 Å². The number of aliphatic hydroxyl groups excluding tert-OH is 5. The van der Waals surface area contributed by atoms with Gasteiger partial charge in [-0.05, 0) is 117 Å². The molecule has 364 valence electrons. The van der Waals surface area contributed by atoms with Crippen LogP contribution in [0.1, 0.15) is 127 Å². The number of esters is 3. The normalized spacial score (nSPS) is 51.8. The van der Waals surface area contributed by atoms with E-state index < -0.39 is 114 Å². The molecule has 6 N–H and O–H groups in total. The van der Waals surface area contributed by atoms with Crippen LogP contribution >= 0.6 is 0 Å². The van der Waals surface area contributed by atoms with E-state index >= 15 is 0 Å². The molecule has 17 heteroatoms. The zero-order valence-electron chi connectivity index (χ0n) is 39.2. The number of ether oxygens (including phenoxy) is 8. The predicted molar refractivity (Wildman–Crippen MR) is 222 cm³/mol. The van der Waals surface area contributed by atoms with Crippen LogP contribution < -0.4 is 0 Å². The zero-order chi connectivity index (χ0) is 46.9. The molecule has 0 aromatic carbocycles. The second kappa shape index (κ2) is 16.3. The molecule has 0 aromatic heterocycles. The molecule has 0 bridgehead atoms. The summed E-state index contributed by atoms with van der Waals surface area (Å²) >= 11 is 0. The zero-order valence-corrected chi connectivity index (χ0v) is 39.2. The molecule has 5 saturated carbocycles. The average molecular weight is 911 g/mol. The Morgan fingerprint density at radius 1 is 0.719 bits per heavy atom. The number of carbonyl (C=O) groups excluding carboxylic acids is 3. The first-order valence-electron chi connectivity index (χ1n) is 23.5. The molecule has 8 fully saturated rings. The van der Waals surface area contributed by atoms with Crippen LogP contribution in [0.4, 0.5) is 0 Å². The molecule has 3 saturated heterocycles. The summed E-state index contributed by atoms with van der Waals surface area (Å²) in [6.45, 7) is 17.5. The van der Waals surface area contributed by atoms with Crippen molar-refractivity contribution in [2.75, 3.05) is 13.2 Å². The first kappa shape index (κ1) is 48.4. The number of hydrogen-bond acceptors (Lipinski definition) is 17. The van der Waals surface area contributed by atoms with Crippen molar-refractivity contribution in [3.8, 4) is 0 Å². The van der Waals surface area contributed by atoms with E-state index in [9.17, 15) is 45.0 Å². The lowest BCUT2D eigenvalue weighted by Crippen LogP contribution is -2.65. The van der Waals surface area contributed by atoms with Crippen LogP contribution in [0, 0.1) is 44.8 Å². The molecule has 17 nitrogen and oxygen atoms in total. The molecule has 0 aromatic rings. The average Bonchev–Trinajstić information content (AvgIpc) is 3.54. The SMILES string of the molecule is CC(=O)O[C@@H]1[C@@H](OC(C)=O)[C@H](O[C@H]2CC[C@]34C[C@]35CC[C@]3(C)[C@@H]([C@@]6(C)CC[C@@H](C(C)(C)O)O6)[C@@H](OC(C)=O)C[C@@]3(C)[C@@H]5C[C@H](O[C@@H]3O[C@H](CO)[C@@H](O)[C@H](O)[C@H]3O)[C@H]4C2(C)C)OC[C@H]1O. The maximum Gasteiger partial charge on any atom is 0.303 e. The van der Waals surface area contributed by atoms with Gasteiger partial charge in [-0.25, -0.2) is 0 Å². The summed E-state index contributed by atoms with van der Waals surface area (Å²) in [5.41, 5.74) is -3.72. The molecule has 0 radical (unpaired) electrons. The number of fused-ring (bicyclic) bond motifs is 2. The van der Waals surface area contributed by atoms with Crippen LogP contribution in [-0.4, -0.2) is 153 Å². The molecule has 8 aliphatic rings. The lowest BCUT2D eigenvalue weighted by Gasteiger charge is -2.65. The van der Waals surface area contributed by atoms with Crippen molar-refractivity contribution in [1.82, 2.24) is 0 Å². The van der Waals surface area contributed by atoms with Gasteiger partial charge in [-0.3, -0.25) is 14.4 Å². The van der Waals surface area contributed by atoms with E-state index in [2.05, 4.69) is 34.6 Å². The van der Waals surface area contributed by atoms with Crippen LogP contribution in [0.15, 0.2) is 0 Å². The predicted octanol–water partition coefficient (Wildman–Crippen LogP) is 2.44. The smallest absolute Gasteiger partial charge is 0.303 e. The highest BCUT2D eigenvalue weighted by Gasteiger charge is 2.85. The summed E-state index contributed by atoms with van der Waals surface area (Å²) < 4.78 is 50.2. The maximum absolute atomic E-state index is 13.0. The topological polar surface area (TPSA) is 246 Å². The van der Waals surface area contributed by atoms with Gasteiger partial charge in [-0.15, -0.1) is 0 Å². The van der Waals surface area contributed by atoms with E-state index in [-0.39, 0.29) is 52.7 Å². The Labute approximate surface area is 376 Å². The lowest BCUT2D eigenvalue weighted by molar-refractivity contribution is -0.339. The van der Waals surface area contributed by atoms with Crippen molar-refractivity contribution in [2.24, 2.45) is 44.8 Å². The summed E-state index contributed by atoms with van der Waals surface area (Å²) in [5, 5.41) is 65.2. The number of hydrogen-bond donors (Lipinski definition) is 6. The summed E-state index contributed by atoms with van der Waals surface area (Å²) in [7, 11) is 0. The first-order chi connectivity index (χ1) is 29.7. The Balaban J connectivity index is 1.17. The fourth-order valence-corrected chi connectivity index (χ4v) is 15.8. The van der Waals surface area contributed by atoms with Crippen molar-refractivity contribution >= 4 is 17.9 Å². The van der Waals surface area contributed by atoms with Crippen LogP contribution in [0.5, 0.6) is 0 Å². The Kier molecular flexibility index (Phi) is 12.3. The molecule has 0 amide bonds. The monoisotopic (exact) mass is 910 g/mol. The molecule has 0 unspecified atom stereocenters. The summed E-state index contributed by atoms with van der Waals surface area (Å²) in [4.78, 5) is 37.5. The van der Waals surface area contributed by atoms with Gasteiger partial charge in [-0.1, -0.05) is 27.7 Å². The lowest BCUT2D eigenvalue weighted by atomic mass is 9.41. The maximum atomic E-state index is 13.0. The van der Waals surface area contributed by atoms with E-state index in [0.29, 0.717) is 32.1 Å². The number of rotatable bonds is 10. The molecule has 3 aliphatic heterocycles. The van der Waals surface area contributed by atoms with Gasteiger partial charge in [0.15, 0.2) is 24.8 Å². The molecular weight excluding hydrogens is 837 g/mol. The van der Waals surface area contributed by atoms with Crippen molar-refractivity contribution in [3.05, 3.63) is 0 Å².